The molecule has 0 saturated heterocycles. The van der Waals surface area contributed by atoms with Gasteiger partial charge in [0.05, 0.1) is 18.2 Å². The van der Waals surface area contributed by atoms with Crippen LogP contribution < -0.4 is 5.32 Å². The van der Waals surface area contributed by atoms with Crippen molar-refractivity contribution in [2.24, 2.45) is 0 Å². The van der Waals surface area contributed by atoms with Crippen LogP contribution in [0.5, 0.6) is 0 Å². The van der Waals surface area contributed by atoms with Crippen molar-refractivity contribution in [2.75, 3.05) is 13.2 Å². The third-order valence-corrected chi connectivity index (χ3v) is 2.46. The zero-order chi connectivity index (χ0) is 13.4. The first-order valence-electron chi connectivity index (χ1n) is 6.13. The molecule has 1 aromatic carbocycles. The summed E-state index contributed by atoms with van der Waals surface area (Å²) in [6.45, 7) is 5.92. The monoisotopic (exact) mass is 250 g/mol. The van der Waals surface area contributed by atoms with Gasteiger partial charge in [0, 0.05) is 18.2 Å². The second-order valence-corrected chi connectivity index (χ2v) is 4.43. The number of hydrogen-bond acceptors (Lipinski definition) is 3. The Kier molecular flexibility index (Phi) is 6.34. The normalized spacial score (nSPS) is 10.6. The van der Waals surface area contributed by atoms with Gasteiger partial charge in [-0.1, -0.05) is 19.9 Å². The highest BCUT2D eigenvalue weighted by Crippen LogP contribution is 2.11. The molecule has 1 aromatic rings. The lowest BCUT2D eigenvalue weighted by molar-refractivity contribution is 0.116. The predicted octanol–water partition coefficient (Wildman–Crippen LogP) is 2.60. The molecule has 0 atom stereocenters. The van der Waals surface area contributed by atoms with E-state index in [9.17, 15) is 4.39 Å². The van der Waals surface area contributed by atoms with Gasteiger partial charge in [-0.2, -0.15) is 5.26 Å². The summed E-state index contributed by atoms with van der Waals surface area (Å²) in [6.07, 6.45) is 0.899. The lowest BCUT2D eigenvalue weighted by Gasteiger charge is -2.08. The van der Waals surface area contributed by atoms with Gasteiger partial charge in [-0.3, -0.25) is 0 Å². The topological polar surface area (TPSA) is 45.0 Å². The van der Waals surface area contributed by atoms with Crippen molar-refractivity contribution in [3.63, 3.8) is 0 Å². The molecule has 0 spiro atoms. The molecule has 18 heavy (non-hydrogen) atoms. The molecule has 1 N–H and O–H groups in total. The summed E-state index contributed by atoms with van der Waals surface area (Å²) < 4.78 is 18.9. The highest BCUT2D eigenvalue weighted by molar-refractivity contribution is 5.32. The van der Waals surface area contributed by atoms with E-state index < -0.39 is 0 Å². The lowest BCUT2D eigenvalue weighted by atomic mass is 10.1. The van der Waals surface area contributed by atoms with Gasteiger partial charge in [0.2, 0.25) is 0 Å². The second-order valence-electron chi connectivity index (χ2n) is 4.43. The Bertz CT molecular complexity index is 413. The lowest BCUT2D eigenvalue weighted by Crippen LogP contribution is -2.24. The van der Waals surface area contributed by atoms with E-state index in [-0.39, 0.29) is 12.4 Å². The Morgan fingerprint density at radius 1 is 1.44 bits per heavy atom. The molecule has 0 aliphatic rings. The van der Waals surface area contributed by atoms with E-state index >= 15 is 0 Å². The van der Waals surface area contributed by atoms with Crippen LogP contribution in [0.2, 0.25) is 0 Å². The van der Waals surface area contributed by atoms with Gasteiger partial charge < -0.3 is 10.1 Å². The summed E-state index contributed by atoms with van der Waals surface area (Å²) in [7, 11) is 0. The Labute approximate surface area is 108 Å². The molecule has 0 bridgehead atoms. The average molecular weight is 250 g/mol. The minimum Gasteiger partial charge on any atom is -0.377 e. The first kappa shape index (κ1) is 14.6. The molecular weight excluding hydrogens is 231 g/mol. The van der Waals surface area contributed by atoms with Crippen molar-refractivity contribution < 1.29 is 9.13 Å². The minimum atomic E-state index is -0.380. The maximum atomic E-state index is 13.5. The minimum absolute atomic E-state index is 0.249. The molecule has 0 aliphatic heterocycles. The fourth-order valence-corrected chi connectivity index (χ4v) is 1.48. The van der Waals surface area contributed by atoms with Crippen LogP contribution in [0.3, 0.4) is 0 Å². The van der Waals surface area contributed by atoms with Gasteiger partial charge in [-0.05, 0) is 25.1 Å². The van der Waals surface area contributed by atoms with Crippen LogP contribution >= 0.6 is 0 Å². The Morgan fingerprint density at radius 2 is 2.22 bits per heavy atom. The molecule has 0 saturated carbocycles. The fraction of sp³-hybridized carbons (Fsp3) is 0.500. The molecule has 1 rings (SSSR count). The standard InChI is InChI=1S/C14H19FN2O/c1-11(2)17-6-3-7-18-10-13-5-4-12(9-16)8-14(13)15/h4-5,8,11,17H,3,6-7,10H2,1-2H3. The van der Waals surface area contributed by atoms with Crippen molar-refractivity contribution >= 4 is 0 Å². The maximum absolute atomic E-state index is 13.5. The molecule has 3 nitrogen and oxygen atoms in total. The highest BCUT2D eigenvalue weighted by atomic mass is 19.1. The average Bonchev–Trinajstić information content (AvgIpc) is 2.34. The van der Waals surface area contributed by atoms with Gasteiger partial charge in [-0.25, -0.2) is 4.39 Å². The SMILES string of the molecule is CC(C)NCCCOCc1ccc(C#N)cc1F. The van der Waals surface area contributed by atoms with Gasteiger partial charge in [0.1, 0.15) is 5.82 Å². The van der Waals surface area contributed by atoms with Crippen LogP contribution in [-0.2, 0) is 11.3 Å². The summed E-state index contributed by atoms with van der Waals surface area (Å²) in [6, 6.07) is 6.81. The van der Waals surface area contributed by atoms with Crippen molar-refractivity contribution in [3.8, 4) is 6.07 Å². The van der Waals surface area contributed by atoms with Crippen LogP contribution in [0.4, 0.5) is 4.39 Å². The number of nitriles is 1. The molecule has 0 aromatic heterocycles. The van der Waals surface area contributed by atoms with E-state index in [2.05, 4.69) is 19.2 Å². The third-order valence-electron chi connectivity index (χ3n) is 2.46. The van der Waals surface area contributed by atoms with Crippen LogP contribution in [0, 0.1) is 17.1 Å². The van der Waals surface area contributed by atoms with E-state index in [1.54, 1.807) is 12.1 Å². The van der Waals surface area contributed by atoms with Crippen LogP contribution in [0.15, 0.2) is 18.2 Å². The Morgan fingerprint density at radius 3 is 2.83 bits per heavy atom. The largest absolute Gasteiger partial charge is 0.377 e. The predicted molar refractivity (Wildman–Crippen MR) is 68.5 cm³/mol. The smallest absolute Gasteiger partial charge is 0.130 e. The van der Waals surface area contributed by atoms with Crippen molar-refractivity contribution in [2.45, 2.75) is 32.9 Å². The molecule has 0 fully saturated rings. The van der Waals surface area contributed by atoms with Crippen LogP contribution in [0.25, 0.3) is 0 Å². The molecular formula is C14H19FN2O. The molecule has 0 aliphatic carbocycles. The summed E-state index contributed by atoms with van der Waals surface area (Å²) >= 11 is 0. The number of ether oxygens (including phenoxy) is 1. The van der Waals surface area contributed by atoms with Gasteiger partial charge in [-0.15, -0.1) is 0 Å². The van der Waals surface area contributed by atoms with E-state index in [1.807, 2.05) is 6.07 Å². The van der Waals surface area contributed by atoms with E-state index in [4.69, 9.17) is 10.00 Å². The number of nitrogens with zero attached hydrogens (tertiary/aromatic N) is 1. The molecule has 4 heteroatoms. The second kappa shape index (κ2) is 7.80. The van der Waals surface area contributed by atoms with Crippen molar-refractivity contribution in [1.82, 2.24) is 5.32 Å². The van der Waals surface area contributed by atoms with Gasteiger partial charge in [0.15, 0.2) is 0 Å². The number of halogens is 1. The van der Waals surface area contributed by atoms with E-state index in [0.717, 1.165) is 13.0 Å². The van der Waals surface area contributed by atoms with Crippen LogP contribution in [-0.4, -0.2) is 19.2 Å². The first-order valence-corrected chi connectivity index (χ1v) is 6.13. The first-order chi connectivity index (χ1) is 8.63. The maximum Gasteiger partial charge on any atom is 0.130 e. The van der Waals surface area contributed by atoms with Crippen LogP contribution in [0.1, 0.15) is 31.4 Å². The summed E-state index contributed by atoms with van der Waals surface area (Å²) in [5.41, 5.74) is 0.822. The Balaban J connectivity index is 2.25. The number of hydrogen-bond donors (Lipinski definition) is 1. The molecule has 0 heterocycles. The molecule has 98 valence electrons. The number of nitrogens with one attached hydrogen (secondary N) is 1. The van der Waals surface area contributed by atoms with Gasteiger partial charge in [0.25, 0.3) is 0 Å². The van der Waals surface area contributed by atoms with Crippen molar-refractivity contribution in [3.05, 3.63) is 35.1 Å². The molecule has 0 unspecified atom stereocenters. The molecule has 0 amide bonds. The zero-order valence-electron chi connectivity index (χ0n) is 10.9. The highest BCUT2D eigenvalue weighted by Gasteiger charge is 2.03. The summed E-state index contributed by atoms with van der Waals surface area (Å²) in [5, 5.41) is 11.9. The number of benzene rings is 1. The van der Waals surface area contributed by atoms with E-state index in [0.29, 0.717) is 23.8 Å². The fourth-order valence-electron chi connectivity index (χ4n) is 1.48. The Hall–Kier alpha value is -1.44. The molecule has 0 radical (unpaired) electrons. The van der Waals surface area contributed by atoms with E-state index in [1.165, 1.54) is 6.07 Å². The summed E-state index contributed by atoms with van der Waals surface area (Å²) in [4.78, 5) is 0. The summed E-state index contributed by atoms with van der Waals surface area (Å²) in [5.74, 6) is -0.380. The van der Waals surface area contributed by atoms with Gasteiger partial charge >= 0.3 is 0 Å². The number of rotatable bonds is 7. The quantitative estimate of drug-likeness (QED) is 0.756. The third kappa shape index (κ3) is 5.26. The van der Waals surface area contributed by atoms with Crippen molar-refractivity contribution in [1.29, 1.82) is 5.26 Å². The zero-order valence-corrected chi connectivity index (χ0v) is 10.9.